The molecule has 0 aliphatic heterocycles. The van der Waals surface area contributed by atoms with Crippen molar-refractivity contribution >= 4 is 28.8 Å². The summed E-state index contributed by atoms with van der Waals surface area (Å²) >= 11 is 7.54. The zero-order valence-corrected chi connectivity index (χ0v) is 19.1. The molecule has 0 atom stereocenters. The van der Waals surface area contributed by atoms with Crippen LogP contribution >= 0.6 is 22.9 Å². The van der Waals surface area contributed by atoms with Crippen LogP contribution in [0.2, 0.25) is 5.02 Å². The average Bonchev–Trinajstić information content (AvgIpc) is 3.46. The number of halogens is 1. The molecule has 31 heavy (non-hydrogen) atoms. The predicted molar refractivity (Wildman–Crippen MR) is 119 cm³/mol. The lowest BCUT2D eigenvalue weighted by atomic mass is 10.2. The number of nitrogens with zero attached hydrogens (tertiary/aromatic N) is 4. The minimum absolute atomic E-state index is 0.0843. The highest BCUT2D eigenvalue weighted by Crippen LogP contribution is 2.31. The smallest absolute Gasteiger partial charge is 0.266 e. The van der Waals surface area contributed by atoms with Crippen molar-refractivity contribution in [3.8, 4) is 22.2 Å². The molecule has 0 spiro atoms. The maximum absolute atomic E-state index is 13.3. The van der Waals surface area contributed by atoms with Crippen LogP contribution in [0.1, 0.15) is 40.9 Å². The van der Waals surface area contributed by atoms with Crippen molar-refractivity contribution in [1.29, 1.82) is 0 Å². The normalized spacial score (nSPS) is 11.3. The van der Waals surface area contributed by atoms with Gasteiger partial charge in [-0.3, -0.25) is 4.79 Å². The molecule has 3 aromatic heterocycles. The van der Waals surface area contributed by atoms with Crippen LogP contribution in [0, 0.1) is 13.8 Å². The number of hydrogen-bond donors (Lipinski definition) is 0. The lowest BCUT2D eigenvalue weighted by Gasteiger charge is -2.24. The molecule has 0 N–H and O–H groups in total. The number of hydrogen-bond acceptors (Lipinski definition) is 7. The molecular weight excluding hydrogens is 436 g/mol. The largest absolute Gasteiger partial charge is 0.459 e. The number of amides is 1. The van der Waals surface area contributed by atoms with Crippen LogP contribution in [-0.4, -0.2) is 32.0 Å². The third-order valence-corrected chi connectivity index (χ3v) is 6.19. The van der Waals surface area contributed by atoms with Gasteiger partial charge < -0.3 is 13.7 Å². The first-order valence-electron chi connectivity index (χ1n) is 9.76. The molecule has 0 aliphatic carbocycles. The molecule has 0 aliphatic rings. The van der Waals surface area contributed by atoms with E-state index < -0.39 is 0 Å². The minimum atomic E-state index is -0.142. The highest BCUT2D eigenvalue weighted by molar-refractivity contribution is 7.17. The number of carbonyl (C=O) groups excluding carboxylic acids is 1. The first-order valence-corrected chi connectivity index (χ1v) is 11.0. The summed E-state index contributed by atoms with van der Waals surface area (Å²) in [6.45, 7) is 7.76. The zero-order valence-electron chi connectivity index (χ0n) is 17.5. The van der Waals surface area contributed by atoms with E-state index in [1.165, 1.54) is 11.3 Å². The van der Waals surface area contributed by atoms with E-state index in [9.17, 15) is 4.79 Å². The Bertz CT molecular complexity index is 1230. The molecule has 0 fully saturated rings. The highest BCUT2D eigenvalue weighted by atomic mass is 35.5. The summed E-state index contributed by atoms with van der Waals surface area (Å²) in [5.74, 6) is 1.96. The number of rotatable bonds is 6. The Morgan fingerprint density at radius 3 is 2.58 bits per heavy atom. The van der Waals surface area contributed by atoms with Gasteiger partial charge in [-0.05, 0) is 52.0 Å². The van der Waals surface area contributed by atoms with Gasteiger partial charge in [0.2, 0.25) is 11.8 Å². The molecule has 0 saturated heterocycles. The van der Waals surface area contributed by atoms with Crippen molar-refractivity contribution in [3.63, 3.8) is 0 Å². The summed E-state index contributed by atoms with van der Waals surface area (Å²) in [4.78, 5) is 20.1. The molecule has 3 heterocycles. The Morgan fingerprint density at radius 2 is 1.90 bits per heavy atom. The molecule has 1 aromatic carbocycles. The van der Waals surface area contributed by atoms with E-state index >= 15 is 0 Å². The Morgan fingerprint density at radius 1 is 1.13 bits per heavy atom. The number of aryl methyl sites for hydroxylation is 2. The second-order valence-electron chi connectivity index (χ2n) is 7.35. The van der Waals surface area contributed by atoms with E-state index in [0.29, 0.717) is 43.7 Å². The number of furan rings is 1. The fraction of sp³-hybridized carbons (Fsp3) is 0.273. The summed E-state index contributed by atoms with van der Waals surface area (Å²) < 4.78 is 11.5. The topological polar surface area (TPSA) is 85.3 Å². The van der Waals surface area contributed by atoms with Crippen LogP contribution < -0.4 is 0 Å². The van der Waals surface area contributed by atoms with E-state index in [1.54, 1.807) is 11.0 Å². The quantitative estimate of drug-likeness (QED) is 0.366. The number of benzene rings is 1. The molecule has 0 bridgehead atoms. The third kappa shape index (κ3) is 4.40. The Balaban J connectivity index is 1.58. The molecule has 4 rings (SSSR count). The Hall–Kier alpha value is -2.97. The van der Waals surface area contributed by atoms with Crippen molar-refractivity contribution in [1.82, 2.24) is 20.1 Å². The lowest BCUT2D eigenvalue weighted by molar-refractivity contribution is 0.0676. The summed E-state index contributed by atoms with van der Waals surface area (Å²) in [7, 11) is 0. The van der Waals surface area contributed by atoms with Gasteiger partial charge in [-0.25, -0.2) is 4.98 Å². The first kappa shape index (κ1) is 21.3. The molecule has 9 heteroatoms. The van der Waals surface area contributed by atoms with Crippen molar-refractivity contribution in [3.05, 3.63) is 63.6 Å². The van der Waals surface area contributed by atoms with Gasteiger partial charge in [0.25, 0.3) is 5.91 Å². The van der Waals surface area contributed by atoms with Gasteiger partial charge in [0.1, 0.15) is 10.6 Å². The fourth-order valence-corrected chi connectivity index (χ4v) is 4.28. The monoisotopic (exact) mass is 456 g/mol. The van der Waals surface area contributed by atoms with Gasteiger partial charge in [-0.15, -0.1) is 21.5 Å². The molecule has 160 valence electrons. The molecule has 4 aromatic rings. The highest BCUT2D eigenvalue weighted by Gasteiger charge is 2.26. The predicted octanol–water partition coefficient (Wildman–Crippen LogP) is 5.77. The van der Waals surface area contributed by atoms with E-state index in [2.05, 4.69) is 15.2 Å². The third-order valence-electron chi connectivity index (χ3n) is 4.70. The number of aromatic nitrogens is 3. The molecule has 0 radical (unpaired) electrons. The van der Waals surface area contributed by atoms with Gasteiger partial charge in [-0.2, -0.15) is 0 Å². The molecule has 1 amide bonds. The van der Waals surface area contributed by atoms with Crippen LogP contribution in [0.3, 0.4) is 0 Å². The van der Waals surface area contributed by atoms with Crippen molar-refractivity contribution < 1.29 is 13.6 Å². The zero-order chi connectivity index (χ0) is 22.1. The fourth-order valence-electron chi connectivity index (χ4n) is 3.08. The van der Waals surface area contributed by atoms with E-state index in [4.69, 9.17) is 20.4 Å². The van der Waals surface area contributed by atoms with Crippen molar-refractivity contribution in [2.75, 3.05) is 0 Å². The summed E-state index contributed by atoms with van der Waals surface area (Å²) in [5.41, 5.74) is 1.31. The van der Waals surface area contributed by atoms with Gasteiger partial charge in [0.05, 0.1) is 22.8 Å². The van der Waals surface area contributed by atoms with Crippen LogP contribution in [-0.2, 0) is 6.54 Å². The van der Waals surface area contributed by atoms with E-state index in [-0.39, 0.29) is 18.5 Å². The maximum Gasteiger partial charge on any atom is 0.266 e. The summed E-state index contributed by atoms with van der Waals surface area (Å²) in [5, 5.41) is 9.41. The van der Waals surface area contributed by atoms with Crippen molar-refractivity contribution in [2.24, 2.45) is 0 Å². The van der Waals surface area contributed by atoms with E-state index in [1.807, 2.05) is 58.0 Å². The average molecular weight is 457 g/mol. The van der Waals surface area contributed by atoms with Gasteiger partial charge in [0, 0.05) is 6.04 Å². The SMILES string of the molecule is Cc1ccc(-c2nc(C)c(C(=O)N(Cc3nnc(-c4ccccc4Cl)o3)C(C)C)s2)o1. The first-order chi connectivity index (χ1) is 14.8. The molecular formula is C22H21ClN4O3S. The van der Waals surface area contributed by atoms with Crippen LogP contribution in [0.25, 0.3) is 22.2 Å². The van der Waals surface area contributed by atoms with Crippen LogP contribution in [0.5, 0.6) is 0 Å². The second kappa shape index (κ2) is 8.64. The van der Waals surface area contributed by atoms with Gasteiger partial charge >= 0.3 is 0 Å². The Labute approximate surface area is 188 Å². The minimum Gasteiger partial charge on any atom is -0.459 e. The van der Waals surface area contributed by atoms with Crippen LogP contribution in [0.4, 0.5) is 0 Å². The van der Waals surface area contributed by atoms with Crippen molar-refractivity contribution in [2.45, 2.75) is 40.3 Å². The van der Waals surface area contributed by atoms with Gasteiger partial charge in [-0.1, -0.05) is 23.7 Å². The van der Waals surface area contributed by atoms with E-state index in [0.717, 1.165) is 5.76 Å². The molecule has 0 unspecified atom stereocenters. The molecule has 7 nitrogen and oxygen atoms in total. The summed E-state index contributed by atoms with van der Waals surface area (Å²) in [6, 6.07) is 10.9. The lowest BCUT2D eigenvalue weighted by Crippen LogP contribution is -2.36. The number of thiazole rings is 1. The number of carbonyl (C=O) groups is 1. The van der Waals surface area contributed by atoms with Crippen LogP contribution in [0.15, 0.2) is 45.2 Å². The van der Waals surface area contributed by atoms with Gasteiger partial charge in [0.15, 0.2) is 10.8 Å². The maximum atomic E-state index is 13.3. The summed E-state index contributed by atoms with van der Waals surface area (Å²) in [6.07, 6.45) is 0. The molecule has 0 saturated carbocycles. The Kier molecular flexibility index (Phi) is 5.93. The second-order valence-corrected chi connectivity index (χ2v) is 8.76. The standard InChI is InChI=1S/C22H21ClN4O3S/c1-12(2)27(11-18-25-26-20(30-18)15-7-5-6-8-16(15)23)22(28)19-14(4)24-21(31-19)17-10-9-13(3)29-17/h5-10,12H,11H2,1-4H3.